The topological polar surface area (TPSA) is 55.6 Å². The zero-order valence-corrected chi connectivity index (χ0v) is 11.4. The van der Waals surface area contributed by atoms with Gasteiger partial charge in [-0.2, -0.15) is 0 Å². The summed E-state index contributed by atoms with van der Waals surface area (Å²) >= 11 is 0. The first-order valence-electron chi connectivity index (χ1n) is 7.33. The van der Waals surface area contributed by atoms with E-state index in [4.69, 9.17) is 10.5 Å². The summed E-state index contributed by atoms with van der Waals surface area (Å²) in [6.07, 6.45) is 5.94. The highest BCUT2D eigenvalue weighted by Gasteiger charge is 2.34. The molecule has 104 valence electrons. The number of carbonyl (C=O) groups is 1. The molecule has 1 aliphatic heterocycles. The lowest BCUT2D eigenvalue weighted by molar-refractivity contribution is -0.132. The Hall–Kier alpha value is -0.610. The number of carbonyl (C=O) groups excluding carboxylic acids is 1. The number of amides is 1. The molecule has 2 aliphatic rings. The third kappa shape index (κ3) is 3.95. The Balaban J connectivity index is 1.82. The van der Waals surface area contributed by atoms with Crippen molar-refractivity contribution in [3.63, 3.8) is 0 Å². The molecular formula is C14H26N2O2. The van der Waals surface area contributed by atoms with Crippen molar-refractivity contribution < 1.29 is 9.53 Å². The lowest BCUT2D eigenvalue weighted by atomic mass is 10.1. The molecule has 4 heteroatoms. The van der Waals surface area contributed by atoms with E-state index in [2.05, 4.69) is 11.8 Å². The summed E-state index contributed by atoms with van der Waals surface area (Å²) in [7, 11) is 0. The van der Waals surface area contributed by atoms with Gasteiger partial charge in [0.25, 0.3) is 0 Å². The van der Waals surface area contributed by atoms with Gasteiger partial charge in [-0.1, -0.05) is 13.3 Å². The number of hydrogen-bond acceptors (Lipinski definition) is 3. The molecule has 0 aromatic heterocycles. The molecule has 1 aliphatic carbocycles. The van der Waals surface area contributed by atoms with Crippen LogP contribution >= 0.6 is 0 Å². The van der Waals surface area contributed by atoms with Crippen molar-refractivity contribution in [3.05, 3.63) is 0 Å². The molecule has 1 amide bonds. The van der Waals surface area contributed by atoms with Gasteiger partial charge < -0.3 is 15.4 Å². The fourth-order valence-corrected chi connectivity index (χ4v) is 2.66. The molecule has 0 spiro atoms. The fourth-order valence-electron chi connectivity index (χ4n) is 2.66. The van der Waals surface area contributed by atoms with E-state index >= 15 is 0 Å². The molecular weight excluding hydrogens is 228 g/mol. The summed E-state index contributed by atoms with van der Waals surface area (Å²) in [6.45, 7) is 4.66. The van der Waals surface area contributed by atoms with Crippen molar-refractivity contribution in [2.24, 2.45) is 11.7 Å². The molecule has 18 heavy (non-hydrogen) atoms. The van der Waals surface area contributed by atoms with Crippen molar-refractivity contribution in [2.75, 3.05) is 19.8 Å². The lowest BCUT2D eigenvalue weighted by Crippen LogP contribution is -2.40. The molecule has 0 aromatic carbocycles. The minimum absolute atomic E-state index is 0.0311. The van der Waals surface area contributed by atoms with Crippen molar-refractivity contribution in [2.45, 2.75) is 57.5 Å². The molecule has 2 unspecified atom stereocenters. The molecule has 0 radical (unpaired) electrons. The van der Waals surface area contributed by atoms with Gasteiger partial charge in [0.05, 0.1) is 6.61 Å². The smallest absolute Gasteiger partial charge is 0.224 e. The highest BCUT2D eigenvalue weighted by molar-refractivity contribution is 5.77. The monoisotopic (exact) mass is 254 g/mol. The second-order valence-corrected chi connectivity index (χ2v) is 5.76. The first-order valence-corrected chi connectivity index (χ1v) is 7.33. The zero-order valence-electron chi connectivity index (χ0n) is 11.4. The van der Waals surface area contributed by atoms with Gasteiger partial charge in [0, 0.05) is 37.6 Å². The Morgan fingerprint density at radius 3 is 2.78 bits per heavy atom. The number of rotatable bonds is 7. The Labute approximate surface area is 110 Å². The highest BCUT2D eigenvalue weighted by Crippen LogP contribution is 2.29. The van der Waals surface area contributed by atoms with Gasteiger partial charge in [-0.15, -0.1) is 0 Å². The summed E-state index contributed by atoms with van der Waals surface area (Å²) < 4.78 is 5.39. The van der Waals surface area contributed by atoms with Gasteiger partial charge in [0.15, 0.2) is 0 Å². The van der Waals surface area contributed by atoms with Gasteiger partial charge >= 0.3 is 0 Å². The van der Waals surface area contributed by atoms with Crippen LogP contribution in [0.25, 0.3) is 0 Å². The average molecular weight is 254 g/mol. The summed E-state index contributed by atoms with van der Waals surface area (Å²) in [5, 5.41) is 0. The quantitative estimate of drug-likeness (QED) is 0.749. The fraction of sp³-hybridized carbons (Fsp3) is 0.929. The first kappa shape index (κ1) is 13.8. The van der Waals surface area contributed by atoms with E-state index in [1.54, 1.807) is 0 Å². The van der Waals surface area contributed by atoms with E-state index in [0.717, 1.165) is 39.0 Å². The standard InChI is InChI=1S/C14H26N2O2/c1-2-3-12(15)8-14(17)16(13-4-5-13)9-11-6-7-18-10-11/h11-13H,2-10,15H2,1H3. The van der Waals surface area contributed by atoms with E-state index in [1.165, 1.54) is 12.8 Å². The molecule has 2 N–H and O–H groups in total. The summed E-state index contributed by atoms with van der Waals surface area (Å²) in [5.74, 6) is 0.794. The summed E-state index contributed by atoms with van der Waals surface area (Å²) in [4.78, 5) is 14.4. The summed E-state index contributed by atoms with van der Waals surface area (Å²) in [6, 6.07) is 0.524. The van der Waals surface area contributed by atoms with E-state index in [1.807, 2.05) is 0 Å². The number of nitrogens with zero attached hydrogens (tertiary/aromatic N) is 1. The average Bonchev–Trinajstić information content (AvgIpc) is 3.03. The van der Waals surface area contributed by atoms with Gasteiger partial charge in [-0.3, -0.25) is 4.79 Å². The van der Waals surface area contributed by atoms with E-state index in [-0.39, 0.29) is 11.9 Å². The lowest BCUT2D eigenvalue weighted by Gasteiger charge is -2.26. The maximum Gasteiger partial charge on any atom is 0.224 e. The number of hydrogen-bond donors (Lipinski definition) is 1. The zero-order chi connectivity index (χ0) is 13.0. The number of nitrogens with two attached hydrogens (primary N) is 1. The van der Waals surface area contributed by atoms with Crippen LogP contribution in [0, 0.1) is 5.92 Å². The van der Waals surface area contributed by atoms with Crippen molar-refractivity contribution in [3.8, 4) is 0 Å². The molecule has 4 nitrogen and oxygen atoms in total. The van der Waals surface area contributed by atoms with Crippen LogP contribution in [-0.2, 0) is 9.53 Å². The van der Waals surface area contributed by atoms with Crippen LogP contribution in [0.3, 0.4) is 0 Å². The Morgan fingerprint density at radius 2 is 2.22 bits per heavy atom. The maximum atomic E-state index is 12.3. The van der Waals surface area contributed by atoms with E-state index in [9.17, 15) is 4.79 Å². The predicted molar refractivity (Wildman–Crippen MR) is 71.2 cm³/mol. The van der Waals surface area contributed by atoms with Gasteiger partial charge in [0.1, 0.15) is 0 Å². The number of ether oxygens (including phenoxy) is 1. The van der Waals surface area contributed by atoms with Crippen molar-refractivity contribution >= 4 is 5.91 Å². The predicted octanol–water partition coefficient (Wildman–Crippen LogP) is 1.53. The Morgan fingerprint density at radius 1 is 1.44 bits per heavy atom. The second-order valence-electron chi connectivity index (χ2n) is 5.76. The minimum atomic E-state index is 0.0311. The maximum absolute atomic E-state index is 12.3. The van der Waals surface area contributed by atoms with Crippen LogP contribution in [0.1, 0.15) is 45.4 Å². The van der Waals surface area contributed by atoms with Crippen LogP contribution in [-0.4, -0.2) is 42.6 Å². The van der Waals surface area contributed by atoms with E-state index in [0.29, 0.717) is 18.4 Å². The van der Waals surface area contributed by atoms with Crippen molar-refractivity contribution in [1.29, 1.82) is 0 Å². The van der Waals surface area contributed by atoms with Gasteiger partial charge in [-0.05, 0) is 25.7 Å². The SMILES string of the molecule is CCCC(N)CC(=O)N(CC1CCOC1)C1CC1. The summed E-state index contributed by atoms with van der Waals surface area (Å²) in [5.41, 5.74) is 5.98. The molecule has 2 fully saturated rings. The molecule has 2 rings (SSSR count). The van der Waals surface area contributed by atoms with Crippen LogP contribution in [0.15, 0.2) is 0 Å². The van der Waals surface area contributed by atoms with Gasteiger partial charge in [-0.25, -0.2) is 0 Å². The molecule has 0 bridgehead atoms. The van der Waals surface area contributed by atoms with Gasteiger partial charge in [0.2, 0.25) is 5.91 Å². The van der Waals surface area contributed by atoms with Crippen LogP contribution in [0.4, 0.5) is 0 Å². The highest BCUT2D eigenvalue weighted by atomic mass is 16.5. The van der Waals surface area contributed by atoms with Crippen LogP contribution in [0.2, 0.25) is 0 Å². The molecule has 1 saturated heterocycles. The minimum Gasteiger partial charge on any atom is -0.381 e. The Kier molecular flexibility index (Phi) is 5.01. The molecule has 1 saturated carbocycles. The third-order valence-corrected chi connectivity index (χ3v) is 3.88. The van der Waals surface area contributed by atoms with Crippen LogP contribution in [0.5, 0.6) is 0 Å². The van der Waals surface area contributed by atoms with E-state index < -0.39 is 0 Å². The second kappa shape index (κ2) is 6.53. The first-order chi connectivity index (χ1) is 8.70. The molecule has 1 heterocycles. The molecule has 0 aromatic rings. The normalized spacial score (nSPS) is 25.1. The Bertz CT molecular complexity index is 273. The largest absolute Gasteiger partial charge is 0.381 e. The third-order valence-electron chi connectivity index (χ3n) is 3.88. The molecule has 2 atom stereocenters. The van der Waals surface area contributed by atoms with Crippen molar-refractivity contribution in [1.82, 2.24) is 4.90 Å². The van der Waals surface area contributed by atoms with Crippen LogP contribution < -0.4 is 5.73 Å².